The Morgan fingerprint density at radius 1 is 1.00 bits per heavy atom. The predicted octanol–water partition coefficient (Wildman–Crippen LogP) is 5.40. The van der Waals surface area contributed by atoms with E-state index in [1.165, 1.54) is 51.4 Å². The second kappa shape index (κ2) is 4.96. The normalized spacial score (nSPS) is 52.4. The molecule has 0 heterocycles. The minimum absolute atomic E-state index is 0.446. The number of hydrogen-bond donors (Lipinski definition) is 0. The minimum Gasteiger partial charge on any atom is -0.295 e. The molecule has 5 rings (SSSR count). The van der Waals surface area contributed by atoms with Crippen molar-refractivity contribution in [2.45, 2.75) is 71.6 Å². The Bertz CT molecular complexity index is 556. The van der Waals surface area contributed by atoms with Crippen LogP contribution in [-0.4, -0.2) is 5.78 Å². The molecule has 0 aromatic heterocycles. The minimum atomic E-state index is 0.446. The topological polar surface area (TPSA) is 17.1 Å². The van der Waals surface area contributed by atoms with Crippen LogP contribution in [0.15, 0.2) is 11.6 Å². The Hall–Kier alpha value is -0.590. The molecule has 4 fully saturated rings. The smallest absolute Gasteiger partial charge is 0.155 e. The van der Waals surface area contributed by atoms with E-state index in [0.717, 1.165) is 47.8 Å². The second-order valence-corrected chi connectivity index (χ2v) is 9.91. The maximum atomic E-state index is 12.2. The molecule has 0 bridgehead atoms. The van der Waals surface area contributed by atoms with Gasteiger partial charge in [0, 0.05) is 6.42 Å². The molecule has 0 saturated heterocycles. The molecule has 23 heavy (non-hydrogen) atoms. The highest BCUT2D eigenvalue weighted by atomic mass is 16.1. The third-order valence-electron chi connectivity index (χ3n) is 9.09. The quantitative estimate of drug-likeness (QED) is 0.633. The fourth-order valence-electron chi connectivity index (χ4n) is 7.59. The lowest BCUT2D eigenvalue weighted by molar-refractivity contribution is -0.118. The molecule has 7 atom stereocenters. The summed E-state index contributed by atoms with van der Waals surface area (Å²) < 4.78 is 0. The summed E-state index contributed by atoms with van der Waals surface area (Å²) in [5.41, 5.74) is 2.20. The van der Waals surface area contributed by atoms with Gasteiger partial charge < -0.3 is 0 Å². The standard InChI is InChI=1S/C22H32O/c1-13-3-8-20-17-7-6-15-11-16(23)12-19(14-4-5-14)21(15)18(17)9-10-22(13,20)2/h11,13-14,17-21H,3-10,12H2,1-2H3/t13-,17-,18+,19?,20+,21+,22-/m1/s1. The zero-order valence-electron chi connectivity index (χ0n) is 14.9. The van der Waals surface area contributed by atoms with Crippen molar-refractivity contribution in [3.8, 4) is 0 Å². The van der Waals surface area contributed by atoms with Crippen LogP contribution in [0.2, 0.25) is 0 Å². The molecule has 0 amide bonds. The monoisotopic (exact) mass is 312 g/mol. The first-order valence-corrected chi connectivity index (χ1v) is 10.3. The highest BCUT2D eigenvalue weighted by Gasteiger charge is 2.57. The van der Waals surface area contributed by atoms with E-state index in [4.69, 9.17) is 0 Å². The number of fused-ring (bicyclic) bond motifs is 5. The van der Waals surface area contributed by atoms with E-state index in [0.29, 0.717) is 11.2 Å². The van der Waals surface area contributed by atoms with Gasteiger partial charge in [-0.15, -0.1) is 0 Å². The van der Waals surface area contributed by atoms with Gasteiger partial charge in [0.15, 0.2) is 5.78 Å². The van der Waals surface area contributed by atoms with Gasteiger partial charge in [-0.3, -0.25) is 4.79 Å². The van der Waals surface area contributed by atoms with Crippen LogP contribution in [0.1, 0.15) is 71.6 Å². The van der Waals surface area contributed by atoms with Crippen LogP contribution < -0.4 is 0 Å². The summed E-state index contributed by atoms with van der Waals surface area (Å²) in [5, 5.41) is 0. The number of carbonyl (C=O) groups excluding carboxylic acids is 1. The van der Waals surface area contributed by atoms with Crippen molar-refractivity contribution in [2.24, 2.45) is 46.8 Å². The first-order chi connectivity index (χ1) is 11.1. The summed E-state index contributed by atoms with van der Waals surface area (Å²) in [5.74, 6) is 6.64. The van der Waals surface area contributed by atoms with Crippen molar-refractivity contribution in [3.63, 3.8) is 0 Å². The van der Waals surface area contributed by atoms with Crippen molar-refractivity contribution in [1.29, 1.82) is 0 Å². The maximum Gasteiger partial charge on any atom is 0.155 e. The molecule has 126 valence electrons. The molecule has 0 aromatic rings. The average Bonchev–Trinajstić information content (AvgIpc) is 3.32. The van der Waals surface area contributed by atoms with Gasteiger partial charge in [0.05, 0.1) is 0 Å². The lowest BCUT2D eigenvalue weighted by atomic mass is 9.49. The summed E-state index contributed by atoms with van der Waals surface area (Å²) in [4.78, 5) is 12.2. The molecule has 5 aliphatic rings. The highest BCUT2D eigenvalue weighted by molar-refractivity contribution is 5.91. The number of carbonyl (C=O) groups is 1. The molecular formula is C22H32O. The fourth-order valence-corrected chi connectivity index (χ4v) is 7.59. The number of rotatable bonds is 1. The Morgan fingerprint density at radius 2 is 1.83 bits per heavy atom. The van der Waals surface area contributed by atoms with Gasteiger partial charge in [-0.05, 0) is 104 Å². The fraction of sp³-hybridized carbons (Fsp3) is 0.864. The van der Waals surface area contributed by atoms with Gasteiger partial charge in [-0.1, -0.05) is 19.4 Å². The number of ketones is 1. The zero-order chi connectivity index (χ0) is 15.8. The highest BCUT2D eigenvalue weighted by Crippen LogP contribution is 2.65. The van der Waals surface area contributed by atoms with Crippen molar-refractivity contribution < 1.29 is 4.79 Å². The van der Waals surface area contributed by atoms with Crippen molar-refractivity contribution in [3.05, 3.63) is 11.6 Å². The molecule has 0 radical (unpaired) electrons. The first kappa shape index (κ1) is 14.7. The van der Waals surface area contributed by atoms with Gasteiger partial charge >= 0.3 is 0 Å². The Labute approximate surface area is 141 Å². The first-order valence-electron chi connectivity index (χ1n) is 10.3. The lowest BCUT2D eigenvalue weighted by Crippen LogP contribution is -2.48. The van der Waals surface area contributed by atoms with Crippen LogP contribution in [0.25, 0.3) is 0 Å². The third-order valence-corrected chi connectivity index (χ3v) is 9.09. The van der Waals surface area contributed by atoms with Crippen LogP contribution >= 0.6 is 0 Å². The van der Waals surface area contributed by atoms with Gasteiger partial charge in [0.2, 0.25) is 0 Å². The molecular weight excluding hydrogens is 280 g/mol. The average molecular weight is 312 g/mol. The summed E-state index contributed by atoms with van der Waals surface area (Å²) in [7, 11) is 0. The molecule has 0 aromatic carbocycles. The molecule has 0 spiro atoms. The Kier molecular flexibility index (Phi) is 3.18. The van der Waals surface area contributed by atoms with Crippen molar-refractivity contribution >= 4 is 5.78 Å². The van der Waals surface area contributed by atoms with E-state index in [-0.39, 0.29) is 0 Å². The molecule has 0 aliphatic heterocycles. The second-order valence-electron chi connectivity index (χ2n) is 9.91. The summed E-state index contributed by atoms with van der Waals surface area (Å²) in [6.45, 7) is 5.13. The molecule has 1 heteroatoms. The lowest BCUT2D eigenvalue weighted by Gasteiger charge is -2.55. The molecule has 1 unspecified atom stereocenters. The van der Waals surface area contributed by atoms with Crippen LogP contribution in [-0.2, 0) is 4.79 Å². The molecule has 0 N–H and O–H groups in total. The van der Waals surface area contributed by atoms with E-state index < -0.39 is 0 Å². The summed E-state index contributed by atoms with van der Waals surface area (Å²) >= 11 is 0. The van der Waals surface area contributed by atoms with E-state index in [9.17, 15) is 4.79 Å². The van der Waals surface area contributed by atoms with Crippen LogP contribution in [0.3, 0.4) is 0 Å². The van der Waals surface area contributed by atoms with Crippen LogP contribution in [0.4, 0.5) is 0 Å². The van der Waals surface area contributed by atoms with Crippen molar-refractivity contribution in [2.75, 3.05) is 0 Å². The molecule has 4 saturated carbocycles. The van der Waals surface area contributed by atoms with Gasteiger partial charge in [-0.2, -0.15) is 0 Å². The largest absolute Gasteiger partial charge is 0.295 e. The SMILES string of the molecule is C[C@@H]1CC[C@H]2[C@@H]3CCC4=CC(=O)CC(C5CC5)[C@@H]4[C@H]3CC[C@]12C. The van der Waals surface area contributed by atoms with Crippen molar-refractivity contribution in [1.82, 2.24) is 0 Å². The van der Waals surface area contributed by atoms with Crippen LogP contribution in [0, 0.1) is 46.8 Å². The van der Waals surface area contributed by atoms with Gasteiger partial charge in [0.25, 0.3) is 0 Å². The maximum absolute atomic E-state index is 12.2. The van der Waals surface area contributed by atoms with E-state index in [2.05, 4.69) is 19.9 Å². The van der Waals surface area contributed by atoms with E-state index in [1.807, 2.05) is 0 Å². The zero-order valence-corrected chi connectivity index (χ0v) is 14.9. The molecule has 5 aliphatic carbocycles. The van der Waals surface area contributed by atoms with E-state index in [1.54, 1.807) is 5.57 Å². The van der Waals surface area contributed by atoms with Gasteiger partial charge in [0.1, 0.15) is 0 Å². The van der Waals surface area contributed by atoms with Gasteiger partial charge in [-0.25, -0.2) is 0 Å². The Balaban J connectivity index is 1.49. The number of allylic oxidation sites excluding steroid dienone is 1. The summed E-state index contributed by atoms with van der Waals surface area (Å²) in [6, 6.07) is 0. The third kappa shape index (κ3) is 2.07. The Morgan fingerprint density at radius 3 is 2.61 bits per heavy atom. The predicted molar refractivity (Wildman–Crippen MR) is 92.9 cm³/mol. The molecule has 1 nitrogen and oxygen atoms in total. The number of hydrogen-bond acceptors (Lipinski definition) is 1. The summed E-state index contributed by atoms with van der Waals surface area (Å²) in [6.07, 6.45) is 14.2. The van der Waals surface area contributed by atoms with Crippen LogP contribution in [0.5, 0.6) is 0 Å². The van der Waals surface area contributed by atoms with E-state index >= 15 is 0 Å².